The highest BCUT2D eigenvalue weighted by atomic mass is 32.1. The Morgan fingerprint density at radius 3 is 2.62 bits per heavy atom. The van der Waals surface area contributed by atoms with Crippen molar-refractivity contribution in [2.75, 3.05) is 5.73 Å². The zero-order valence-electron chi connectivity index (χ0n) is 9.15. The molecule has 0 aliphatic rings. The van der Waals surface area contributed by atoms with Crippen LogP contribution in [0.2, 0.25) is 0 Å². The molecule has 0 fully saturated rings. The summed E-state index contributed by atoms with van der Waals surface area (Å²) in [5, 5.41) is 0.806. The molecule has 0 spiro atoms. The van der Waals surface area contributed by atoms with Crippen LogP contribution in [0, 0.1) is 6.92 Å². The molecule has 2 N–H and O–H groups in total. The van der Waals surface area contributed by atoms with Crippen LogP contribution in [0.3, 0.4) is 0 Å². The second kappa shape index (κ2) is 4.06. The number of nitrogen functional groups attached to an aromatic ring is 1. The SMILES string of the molecule is CC(=O)c1sc(-c2ccccc2N)nc1C. The minimum Gasteiger partial charge on any atom is -0.398 e. The number of carbonyl (C=O) groups excluding carboxylic acids is 1. The fourth-order valence-electron chi connectivity index (χ4n) is 1.53. The van der Waals surface area contributed by atoms with E-state index < -0.39 is 0 Å². The molecule has 2 rings (SSSR count). The maximum Gasteiger partial charge on any atom is 0.171 e. The van der Waals surface area contributed by atoms with E-state index in [-0.39, 0.29) is 5.78 Å². The van der Waals surface area contributed by atoms with Gasteiger partial charge in [0.15, 0.2) is 5.78 Å². The van der Waals surface area contributed by atoms with Crippen molar-refractivity contribution >= 4 is 22.8 Å². The summed E-state index contributed by atoms with van der Waals surface area (Å²) in [6, 6.07) is 7.54. The fraction of sp³-hybridized carbons (Fsp3) is 0.167. The Bertz CT molecular complexity index is 546. The zero-order chi connectivity index (χ0) is 11.7. The van der Waals surface area contributed by atoms with E-state index in [4.69, 9.17) is 5.73 Å². The van der Waals surface area contributed by atoms with Gasteiger partial charge in [0.05, 0.1) is 10.6 Å². The van der Waals surface area contributed by atoms with Gasteiger partial charge in [0, 0.05) is 18.2 Å². The van der Waals surface area contributed by atoms with Gasteiger partial charge in [-0.05, 0) is 19.1 Å². The minimum atomic E-state index is 0.0516. The topological polar surface area (TPSA) is 56.0 Å². The lowest BCUT2D eigenvalue weighted by molar-refractivity contribution is 0.102. The van der Waals surface area contributed by atoms with Crippen LogP contribution in [0.5, 0.6) is 0 Å². The first-order valence-electron chi connectivity index (χ1n) is 4.93. The lowest BCUT2D eigenvalue weighted by Crippen LogP contribution is -1.89. The summed E-state index contributed by atoms with van der Waals surface area (Å²) >= 11 is 1.39. The van der Waals surface area contributed by atoms with E-state index >= 15 is 0 Å². The van der Waals surface area contributed by atoms with Gasteiger partial charge in [0.1, 0.15) is 5.01 Å². The molecular weight excluding hydrogens is 220 g/mol. The minimum absolute atomic E-state index is 0.0516. The summed E-state index contributed by atoms with van der Waals surface area (Å²) in [5.74, 6) is 0.0516. The van der Waals surface area contributed by atoms with Crippen LogP contribution >= 0.6 is 11.3 Å². The molecule has 1 aromatic carbocycles. The lowest BCUT2D eigenvalue weighted by Gasteiger charge is -1.99. The maximum absolute atomic E-state index is 11.3. The van der Waals surface area contributed by atoms with E-state index in [0.717, 1.165) is 16.3 Å². The van der Waals surface area contributed by atoms with Gasteiger partial charge < -0.3 is 5.73 Å². The second-order valence-corrected chi connectivity index (χ2v) is 4.58. The Balaban J connectivity index is 2.54. The van der Waals surface area contributed by atoms with E-state index in [2.05, 4.69) is 4.98 Å². The number of thiazole rings is 1. The van der Waals surface area contributed by atoms with Gasteiger partial charge in [-0.1, -0.05) is 12.1 Å². The standard InChI is InChI=1S/C12H12N2OS/c1-7-11(8(2)15)16-12(14-7)9-5-3-4-6-10(9)13/h3-6H,13H2,1-2H3. The normalized spacial score (nSPS) is 10.4. The largest absolute Gasteiger partial charge is 0.398 e. The molecule has 4 heteroatoms. The molecule has 1 heterocycles. The lowest BCUT2D eigenvalue weighted by atomic mass is 10.2. The molecule has 0 atom stereocenters. The highest BCUT2D eigenvalue weighted by molar-refractivity contribution is 7.17. The Hall–Kier alpha value is -1.68. The molecule has 1 aromatic heterocycles. The first kappa shape index (κ1) is 10.8. The molecule has 3 nitrogen and oxygen atoms in total. The van der Waals surface area contributed by atoms with Crippen molar-refractivity contribution in [1.29, 1.82) is 0 Å². The van der Waals surface area contributed by atoms with Crippen LogP contribution in [0.15, 0.2) is 24.3 Å². The molecule has 0 aliphatic heterocycles. The molecular formula is C12H12N2OS. The maximum atomic E-state index is 11.3. The third-order valence-electron chi connectivity index (χ3n) is 2.31. The Kier molecular flexibility index (Phi) is 2.75. The first-order chi connectivity index (χ1) is 7.59. The van der Waals surface area contributed by atoms with Gasteiger partial charge in [-0.3, -0.25) is 4.79 Å². The Morgan fingerprint density at radius 2 is 2.06 bits per heavy atom. The van der Waals surface area contributed by atoms with Crippen LogP contribution in [-0.2, 0) is 0 Å². The van der Waals surface area contributed by atoms with Crippen molar-refractivity contribution in [1.82, 2.24) is 4.98 Å². The summed E-state index contributed by atoms with van der Waals surface area (Å²) in [7, 11) is 0. The highest BCUT2D eigenvalue weighted by Crippen LogP contribution is 2.31. The summed E-state index contributed by atoms with van der Waals surface area (Å²) in [4.78, 5) is 16.4. The number of para-hydroxylation sites is 1. The fourth-order valence-corrected chi connectivity index (χ4v) is 2.54. The number of ketones is 1. The number of rotatable bonds is 2. The number of hydrogen-bond donors (Lipinski definition) is 1. The molecule has 0 saturated heterocycles. The predicted octanol–water partition coefficient (Wildman–Crippen LogP) is 2.90. The van der Waals surface area contributed by atoms with E-state index in [1.165, 1.54) is 11.3 Å². The molecule has 0 aliphatic carbocycles. The number of anilines is 1. The Labute approximate surface area is 97.9 Å². The average molecular weight is 232 g/mol. The van der Waals surface area contributed by atoms with Gasteiger partial charge in [-0.15, -0.1) is 11.3 Å². The smallest absolute Gasteiger partial charge is 0.171 e. The van der Waals surface area contributed by atoms with Gasteiger partial charge in [-0.2, -0.15) is 0 Å². The van der Waals surface area contributed by atoms with Gasteiger partial charge in [0.2, 0.25) is 0 Å². The number of benzene rings is 1. The second-order valence-electron chi connectivity index (χ2n) is 3.58. The molecule has 0 bridgehead atoms. The highest BCUT2D eigenvalue weighted by Gasteiger charge is 2.13. The van der Waals surface area contributed by atoms with Crippen molar-refractivity contribution in [3.63, 3.8) is 0 Å². The number of aryl methyl sites for hydroxylation is 1. The van der Waals surface area contributed by atoms with Crippen molar-refractivity contribution in [3.8, 4) is 10.6 Å². The number of aromatic nitrogens is 1. The van der Waals surface area contributed by atoms with E-state index in [0.29, 0.717) is 10.6 Å². The molecule has 0 unspecified atom stereocenters. The van der Waals surface area contributed by atoms with E-state index in [9.17, 15) is 4.79 Å². The molecule has 82 valence electrons. The van der Waals surface area contributed by atoms with Crippen LogP contribution < -0.4 is 5.73 Å². The van der Waals surface area contributed by atoms with Crippen molar-refractivity contribution in [2.45, 2.75) is 13.8 Å². The zero-order valence-corrected chi connectivity index (χ0v) is 9.97. The van der Waals surface area contributed by atoms with Crippen LogP contribution in [0.25, 0.3) is 10.6 Å². The summed E-state index contributed by atoms with van der Waals surface area (Å²) < 4.78 is 0. The number of hydrogen-bond acceptors (Lipinski definition) is 4. The summed E-state index contributed by atoms with van der Waals surface area (Å²) in [6.07, 6.45) is 0. The molecule has 16 heavy (non-hydrogen) atoms. The Morgan fingerprint density at radius 1 is 1.38 bits per heavy atom. The third-order valence-corrected chi connectivity index (χ3v) is 3.60. The van der Waals surface area contributed by atoms with Crippen LogP contribution in [0.4, 0.5) is 5.69 Å². The molecule has 0 amide bonds. The number of nitrogens with zero attached hydrogens (tertiary/aromatic N) is 1. The average Bonchev–Trinajstić information content (AvgIpc) is 2.61. The van der Waals surface area contributed by atoms with Gasteiger partial charge >= 0.3 is 0 Å². The number of carbonyl (C=O) groups is 1. The monoisotopic (exact) mass is 232 g/mol. The molecule has 0 saturated carbocycles. The van der Waals surface area contributed by atoms with Gasteiger partial charge in [-0.25, -0.2) is 4.98 Å². The number of nitrogens with two attached hydrogens (primary N) is 1. The van der Waals surface area contributed by atoms with E-state index in [1.807, 2.05) is 31.2 Å². The van der Waals surface area contributed by atoms with Crippen molar-refractivity contribution in [3.05, 3.63) is 34.8 Å². The van der Waals surface area contributed by atoms with E-state index in [1.54, 1.807) is 6.92 Å². The predicted molar refractivity (Wildman–Crippen MR) is 66.7 cm³/mol. The summed E-state index contributed by atoms with van der Waals surface area (Å²) in [5.41, 5.74) is 8.22. The first-order valence-corrected chi connectivity index (χ1v) is 5.74. The number of Topliss-reactive ketones (excluding diaryl/α,β-unsaturated/α-hetero) is 1. The van der Waals surface area contributed by atoms with Crippen molar-refractivity contribution in [2.24, 2.45) is 0 Å². The summed E-state index contributed by atoms with van der Waals surface area (Å²) in [6.45, 7) is 3.40. The van der Waals surface area contributed by atoms with Crippen LogP contribution in [0.1, 0.15) is 22.3 Å². The van der Waals surface area contributed by atoms with Crippen LogP contribution in [-0.4, -0.2) is 10.8 Å². The van der Waals surface area contributed by atoms with Crippen molar-refractivity contribution < 1.29 is 4.79 Å². The molecule has 2 aromatic rings. The quantitative estimate of drug-likeness (QED) is 0.639. The van der Waals surface area contributed by atoms with Gasteiger partial charge in [0.25, 0.3) is 0 Å². The third kappa shape index (κ3) is 1.84. The molecule has 0 radical (unpaired) electrons.